The SMILES string of the molecule is CNN=Cc1cc(Cl)cc(C=NNC)n1.[Cl-].[Cl-].[Cl-].[V]. The summed E-state index contributed by atoms with van der Waals surface area (Å²) in [5.74, 6) is 0. The van der Waals surface area contributed by atoms with Gasteiger partial charge in [0, 0.05) is 37.7 Å². The van der Waals surface area contributed by atoms with Crippen LogP contribution in [0.2, 0.25) is 5.02 Å². The number of aromatic nitrogens is 1. The van der Waals surface area contributed by atoms with E-state index in [4.69, 9.17) is 11.6 Å². The van der Waals surface area contributed by atoms with Crippen LogP contribution in [0.1, 0.15) is 11.4 Å². The molecule has 0 unspecified atom stereocenters. The van der Waals surface area contributed by atoms with Crippen molar-refractivity contribution >= 4 is 24.0 Å². The van der Waals surface area contributed by atoms with Gasteiger partial charge in [0.25, 0.3) is 0 Å². The molecule has 10 heteroatoms. The van der Waals surface area contributed by atoms with Crippen LogP contribution in [-0.2, 0) is 18.6 Å². The van der Waals surface area contributed by atoms with Crippen LogP contribution in [0.15, 0.2) is 22.3 Å². The van der Waals surface area contributed by atoms with Crippen LogP contribution in [0.4, 0.5) is 0 Å². The molecule has 0 aliphatic rings. The van der Waals surface area contributed by atoms with E-state index in [1.165, 1.54) is 0 Å². The number of hydrogen-bond acceptors (Lipinski definition) is 5. The van der Waals surface area contributed by atoms with Crippen molar-refractivity contribution in [3.63, 3.8) is 0 Å². The Morgan fingerprint density at radius 1 is 1.00 bits per heavy atom. The van der Waals surface area contributed by atoms with Gasteiger partial charge in [0.15, 0.2) is 0 Å². The van der Waals surface area contributed by atoms with Crippen LogP contribution in [0.3, 0.4) is 0 Å². The van der Waals surface area contributed by atoms with Crippen molar-refractivity contribution < 1.29 is 55.8 Å². The van der Waals surface area contributed by atoms with Gasteiger partial charge in [-0.15, -0.1) is 0 Å². The molecule has 0 aliphatic carbocycles. The molecule has 0 amide bonds. The Hall–Kier alpha value is -0.166. The van der Waals surface area contributed by atoms with E-state index in [1.54, 1.807) is 38.7 Å². The zero-order valence-corrected chi connectivity index (χ0v) is 14.5. The van der Waals surface area contributed by atoms with E-state index in [0.717, 1.165) is 0 Å². The smallest absolute Gasteiger partial charge is 0.0852 e. The molecule has 0 aliphatic heterocycles. The minimum atomic E-state index is 0. The predicted molar refractivity (Wildman–Crippen MR) is 62.6 cm³/mol. The molecule has 19 heavy (non-hydrogen) atoms. The van der Waals surface area contributed by atoms with E-state index < -0.39 is 0 Å². The maximum absolute atomic E-state index is 5.90. The molecule has 0 saturated carbocycles. The molecule has 0 atom stereocenters. The minimum Gasteiger partial charge on any atom is -1.00 e. The maximum Gasteiger partial charge on any atom is 0.0852 e. The molecule has 1 heterocycles. The van der Waals surface area contributed by atoms with Gasteiger partial charge >= 0.3 is 0 Å². The van der Waals surface area contributed by atoms with Crippen LogP contribution in [-0.4, -0.2) is 31.5 Å². The Morgan fingerprint density at radius 3 is 1.68 bits per heavy atom. The Kier molecular flexibility index (Phi) is 22.8. The third-order valence-corrected chi connectivity index (χ3v) is 1.70. The average Bonchev–Trinajstić information content (AvgIpc) is 2.23. The maximum atomic E-state index is 5.90. The second kappa shape index (κ2) is 15.9. The molecule has 1 aromatic heterocycles. The summed E-state index contributed by atoms with van der Waals surface area (Å²) in [5.41, 5.74) is 6.63. The van der Waals surface area contributed by atoms with Gasteiger partial charge in [0.1, 0.15) is 0 Å². The predicted octanol–water partition coefficient (Wildman–Crippen LogP) is -8.15. The molecule has 0 saturated heterocycles. The first-order valence-corrected chi connectivity index (χ1v) is 4.71. The minimum absolute atomic E-state index is 0. The van der Waals surface area contributed by atoms with Crippen molar-refractivity contribution in [1.29, 1.82) is 0 Å². The van der Waals surface area contributed by atoms with Gasteiger partial charge in [-0.3, -0.25) is 0 Å². The Balaban J connectivity index is -0.000000281. The number of nitrogens with zero attached hydrogens (tertiary/aromatic N) is 3. The number of hydrogen-bond donors (Lipinski definition) is 2. The molecule has 1 aromatic rings. The van der Waals surface area contributed by atoms with Crippen molar-refractivity contribution in [1.82, 2.24) is 15.8 Å². The summed E-state index contributed by atoms with van der Waals surface area (Å²) in [5, 5.41) is 8.29. The summed E-state index contributed by atoms with van der Waals surface area (Å²) in [6.45, 7) is 0. The molecule has 1 radical (unpaired) electrons. The Labute approximate surface area is 148 Å². The molecular formula is C9H12Cl4N5V-3. The van der Waals surface area contributed by atoms with Gasteiger partial charge in [-0.2, -0.15) is 10.2 Å². The van der Waals surface area contributed by atoms with E-state index >= 15 is 0 Å². The van der Waals surface area contributed by atoms with Gasteiger partial charge in [-0.1, -0.05) is 11.6 Å². The first kappa shape index (κ1) is 27.2. The third-order valence-electron chi connectivity index (χ3n) is 1.48. The van der Waals surface area contributed by atoms with Gasteiger partial charge in [-0.25, -0.2) is 4.98 Å². The van der Waals surface area contributed by atoms with Crippen LogP contribution in [0.5, 0.6) is 0 Å². The average molecular weight is 383 g/mol. The van der Waals surface area contributed by atoms with E-state index in [-0.39, 0.29) is 55.8 Å². The topological polar surface area (TPSA) is 61.7 Å². The number of hydrazone groups is 2. The molecule has 5 nitrogen and oxygen atoms in total. The van der Waals surface area contributed by atoms with Gasteiger partial charge in [-0.05, 0) is 12.1 Å². The third kappa shape index (κ3) is 11.4. The van der Waals surface area contributed by atoms with Gasteiger partial charge in [0.2, 0.25) is 0 Å². The number of rotatable bonds is 4. The van der Waals surface area contributed by atoms with Crippen LogP contribution in [0, 0.1) is 0 Å². The van der Waals surface area contributed by atoms with Crippen molar-refractivity contribution in [2.24, 2.45) is 10.2 Å². The first-order chi connectivity index (χ1) is 7.26. The fourth-order valence-corrected chi connectivity index (χ4v) is 1.16. The van der Waals surface area contributed by atoms with E-state index in [1.807, 2.05) is 0 Å². The van der Waals surface area contributed by atoms with Crippen molar-refractivity contribution in [3.05, 3.63) is 28.5 Å². The fraction of sp³-hybridized carbons (Fsp3) is 0.222. The van der Waals surface area contributed by atoms with Crippen LogP contribution >= 0.6 is 11.6 Å². The second-order valence-electron chi connectivity index (χ2n) is 2.60. The molecule has 0 bridgehead atoms. The molecule has 0 fully saturated rings. The Morgan fingerprint density at radius 2 is 1.37 bits per heavy atom. The molecule has 0 aromatic carbocycles. The summed E-state index contributed by atoms with van der Waals surface area (Å²) in [4.78, 5) is 4.25. The van der Waals surface area contributed by atoms with E-state index in [2.05, 4.69) is 26.0 Å². The molecular weight excluding hydrogens is 371 g/mol. The zero-order valence-electron chi connectivity index (χ0n) is 10.1. The largest absolute Gasteiger partial charge is 1.00 e. The van der Waals surface area contributed by atoms with Crippen LogP contribution < -0.4 is 48.1 Å². The number of nitrogens with one attached hydrogen (secondary N) is 2. The second-order valence-corrected chi connectivity index (χ2v) is 3.04. The fourth-order valence-electron chi connectivity index (χ4n) is 0.931. The standard InChI is InChI=1S/C9H12ClN5.3ClH.V/c1-11-13-5-8-3-7(10)4-9(15-8)6-14-12-2;;;;/h3-6,11-12H,1-2H3;3*1H;/p-3. The summed E-state index contributed by atoms with van der Waals surface area (Å²) < 4.78 is 0. The van der Waals surface area contributed by atoms with E-state index in [9.17, 15) is 0 Å². The number of halogens is 4. The summed E-state index contributed by atoms with van der Waals surface area (Å²) in [7, 11) is 3.43. The van der Waals surface area contributed by atoms with Crippen LogP contribution in [0.25, 0.3) is 0 Å². The van der Waals surface area contributed by atoms with Crippen molar-refractivity contribution in [3.8, 4) is 0 Å². The van der Waals surface area contributed by atoms with E-state index in [0.29, 0.717) is 16.4 Å². The van der Waals surface area contributed by atoms with Crippen molar-refractivity contribution in [2.45, 2.75) is 0 Å². The first-order valence-electron chi connectivity index (χ1n) is 4.33. The zero-order chi connectivity index (χ0) is 11.1. The Bertz CT molecular complexity index is 357. The molecule has 1 rings (SSSR count). The van der Waals surface area contributed by atoms with Crippen molar-refractivity contribution in [2.75, 3.05) is 14.1 Å². The normalized spacial score (nSPS) is 8.79. The quantitative estimate of drug-likeness (QED) is 0.401. The van der Waals surface area contributed by atoms with Gasteiger partial charge < -0.3 is 48.1 Å². The summed E-state index contributed by atoms with van der Waals surface area (Å²) >= 11 is 5.90. The molecule has 109 valence electrons. The summed E-state index contributed by atoms with van der Waals surface area (Å²) in [6.07, 6.45) is 3.17. The number of pyridine rings is 1. The molecule has 2 N–H and O–H groups in total. The summed E-state index contributed by atoms with van der Waals surface area (Å²) in [6, 6.07) is 3.44. The van der Waals surface area contributed by atoms with Gasteiger partial charge in [0.05, 0.1) is 23.8 Å². The molecule has 0 spiro atoms. The monoisotopic (exact) mass is 381 g/mol.